The molecule has 0 spiro atoms. The van der Waals surface area contributed by atoms with E-state index in [0.29, 0.717) is 17.2 Å². The van der Waals surface area contributed by atoms with Crippen molar-refractivity contribution >= 4 is 11.6 Å². The Bertz CT molecular complexity index is 740. The number of methoxy groups -OCH3 is 2. The minimum Gasteiger partial charge on any atom is -0.493 e. The number of rotatable bonds is 7. The fourth-order valence-electron chi connectivity index (χ4n) is 3.26. The van der Waals surface area contributed by atoms with Crippen LogP contribution >= 0.6 is 0 Å². The van der Waals surface area contributed by atoms with Crippen LogP contribution in [0.4, 0.5) is 5.69 Å². The normalized spacial score (nSPS) is 16.7. The smallest absolute Gasteiger partial charge is 0.241 e. The predicted octanol–water partition coefficient (Wildman–Crippen LogP) is 2.44. The summed E-state index contributed by atoms with van der Waals surface area (Å²) in [7, 11) is 3.16. The number of carbonyl (C=O) groups excluding carboxylic acids is 1. The Morgan fingerprint density at radius 2 is 1.89 bits per heavy atom. The van der Waals surface area contributed by atoms with Crippen molar-refractivity contribution in [3.63, 3.8) is 0 Å². The van der Waals surface area contributed by atoms with Crippen LogP contribution in [0.15, 0.2) is 41.0 Å². The second kappa shape index (κ2) is 8.92. The van der Waals surface area contributed by atoms with Gasteiger partial charge in [-0.05, 0) is 31.2 Å². The van der Waals surface area contributed by atoms with Crippen molar-refractivity contribution < 1.29 is 18.7 Å². The Morgan fingerprint density at radius 1 is 1.15 bits per heavy atom. The molecule has 0 radical (unpaired) electrons. The Morgan fingerprint density at radius 3 is 2.52 bits per heavy atom. The van der Waals surface area contributed by atoms with Crippen molar-refractivity contribution in [2.45, 2.75) is 19.5 Å². The van der Waals surface area contributed by atoms with Gasteiger partial charge < -0.3 is 19.2 Å². The molecule has 0 saturated carbocycles. The van der Waals surface area contributed by atoms with Crippen molar-refractivity contribution in [1.29, 1.82) is 0 Å². The molecule has 1 aliphatic heterocycles. The van der Waals surface area contributed by atoms with E-state index in [4.69, 9.17) is 13.9 Å². The van der Waals surface area contributed by atoms with Gasteiger partial charge in [0.1, 0.15) is 5.76 Å². The van der Waals surface area contributed by atoms with Crippen molar-refractivity contribution in [3.05, 3.63) is 42.4 Å². The quantitative estimate of drug-likeness (QED) is 0.804. The van der Waals surface area contributed by atoms with Crippen LogP contribution in [0.3, 0.4) is 0 Å². The lowest BCUT2D eigenvalue weighted by Gasteiger charge is -2.37. The summed E-state index contributed by atoms with van der Waals surface area (Å²) in [4.78, 5) is 17.2. The van der Waals surface area contributed by atoms with E-state index >= 15 is 0 Å². The first-order valence-electron chi connectivity index (χ1n) is 9.12. The van der Waals surface area contributed by atoms with Gasteiger partial charge in [-0.25, -0.2) is 0 Å². The molecule has 27 heavy (non-hydrogen) atoms. The van der Waals surface area contributed by atoms with Crippen LogP contribution < -0.4 is 14.8 Å². The molecule has 7 nitrogen and oxygen atoms in total. The monoisotopic (exact) mass is 373 g/mol. The average molecular weight is 373 g/mol. The molecule has 1 saturated heterocycles. The van der Waals surface area contributed by atoms with E-state index in [2.05, 4.69) is 15.1 Å². The number of ether oxygens (including phenoxy) is 2. The van der Waals surface area contributed by atoms with Crippen LogP contribution in [0, 0.1) is 0 Å². The third kappa shape index (κ3) is 4.81. The van der Waals surface area contributed by atoms with E-state index in [-0.39, 0.29) is 11.9 Å². The van der Waals surface area contributed by atoms with Crippen LogP contribution in [0.5, 0.6) is 11.5 Å². The molecule has 1 amide bonds. The summed E-state index contributed by atoms with van der Waals surface area (Å²) in [6.07, 6.45) is 1.70. The molecule has 1 fully saturated rings. The number of nitrogens with zero attached hydrogens (tertiary/aromatic N) is 2. The van der Waals surface area contributed by atoms with Crippen molar-refractivity contribution in [1.82, 2.24) is 9.80 Å². The van der Waals surface area contributed by atoms with E-state index in [9.17, 15) is 4.79 Å². The van der Waals surface area contributed by atoms with Gasteiger partial charge in [-0.1, -0.05) is 0 Å². The Kier molecular flexibility index (Phi) is 6.36. The van der Waals surface area contributed by atoms with Gasteiger partial charge in [0, 0.05) is 37.9 Å². The first kappa shape index (κ1) is 19.3. The van der Waals surface area contributed by atoms with Crippen LogP contribution in [0.25, 0.3) is 0 Å². The maximum absolute atomic E-state index is 12.7. The summed E-state index contributed by atoms with van der Waals surface area (Å²) in [6.45, 7) is 6.27. The summed E-state index contributed by atoms with van der Waals surface area (Å²) in [5.74, 6) is 2.18. The molecule has 7 heteroatoms. The summed E-state index contributed by atoms with van der Waals surface area (Å²) in [6, 6.07) is 9.06. The van der Waals surface area contributed by atoms with Gasteiger partial charge in [0.05, 0.1) is 33.1 Å². The highest BCUT2D eigenvalue weighted by Gasteiger charge is 2.26. The first-order valence-corrected chi connectivity index (χ1v) is 9.12. The fourth-order valence-corrected chi connectivity index (χ4v) is 3.26. The highest BCUT2D eigenvalue weighted by atomic mass is 16.5. The molecule has 146 valence electrons. The van der Waals surface area contributed by atoms with E-state index in [0.717, 1.165) is 38.5 Å². The van der Waals surface area contributed by atoms with Crippen LogP contribution in [-0.2, 0) is 11.3 Å². The zero-order chi connectivity index (χ0) is 19.2. The number of hydrogen-bond acceptors (Lipinski definition) is 6. The van der Waals surface area contributed by atoms with Gasteiger partial charge in [-0.15, -0.1) is 0 Å². The number of anilines is 1. The Balaban J connectivity index is 1.52. The van der Waals surface area contributed by atoms with Crippen molar-refractivity contribution in [2.75, 3.05) is 45.7 Å². The Labute approximate surface area is 159 Å². The lowest BCUT2D eigenvalue weighted by molar-refractivity contribution is -0.121. The molecule has 1 N–H and O–H groups in total. The summed E-state index contributed by atoms with van der Waals surface area (Å²) >= 11 is 0. The summed E-state index contributed by atoms with van der Waals surface area (Å²) in [5, 5.41) is 2.97. The molecule has 2 heterocycles. The van der Waals surface area contributed by atoms with Crippen LogP contribution in [0.2, 0.25) is 0 Å². The van der Waals surface area contributed by atoms with Crippen molar-refractivity contribution in [2.24, 2.45) is 0 Å². The van der Waals surface area contributed by atoms with Crippen LogP contribution in [-0.4, -0.2) is 62.1 Å². The number of nitrogens with one attached hydrogen (secondary N) is 1. The highest BCUT2D eigenvalue weighted by Crippen LogP contribution is 2.29. The van der Waals surface area contributed by atoms with Crippen molar-refractivity contribution in [3.8, 4) is 11.5 Å². The maximum Gasteiger partial charge on any atom is 0.241 e. The predicted molar refractivity (Wildman–Crippen MR) is 103 cm³/mol. The topological polar surface area (TPSA) is 67.2 Å². The molecule has 0 aliphatic carbocycles. The van der Waals surface area contributed by atoms with Gasteiger partial charge in [0.15, 0.2) is 11.5 Å². The lowest BCUT2D eigenvalue weighted by Crippen LogP contribution is -2.52. The molecule has 1 atom stereocenters. The van der Waals surface area contributed by atoms with Crippen LogP contribution in [0.1, 0.15) is 12.7 Å². The molecule has 3 rings (SSSR count). The SMILES string of the molecule is COc1ccc(NC(=O)[C@@H](C)N2CCN(Cc3ccco3)CC2)cc1OC. The minimum absolute atomic E-state index is 0.0262. The summed E-state index contributed by atoms with van der Waals surface area (Å²) < 4.78 is 15.9. The molecule has 1 aromatic heterocycles. The van der Waals surface area contributed by atoms with Gasteiger partial charge >= 0.3 is 0 Å². The lowest BCUT2D eigenvalue weighted by atomic mass is 10.2. The second-order valence-electron chi connectivity index (χ2n) is 6.63. The molecular weight excluding hydrogens is 346 g/mol. The molecule has 1 aromatic carbocycles. The van der Waals surface area contributed by atoms with Gasteiger partial charge in [0.25, 0.3) is 0 Å². The standard InChI is InChI=1S/C20H27N3O4/c1-15(20(24)21-16-6-7-18(25-2)19(13-16)26-3)23-10-8-22(9-11-23)14-17-5-4-12-27-17/h4-7,12-13,15H,8-11,14H2,1-3H3,(H,21,24)/t15-/m1/s1. The first-order chi connectivity index (χ1) is 13.1. The van der Waals surface area contributed by atoms with E-state index in [1.807, 2.05) is 25.1 Å². The minimum atomic E-state index is -0.205. The Hall–Kier alpha value is -2.51. The maximum atomic E-state index is 12.7. The third-order valence-electron chi connectivity index (χ3n) is 4.94. The number of benzene rings is 1. The number of carbonyl (C=O) groups is 1. The average Bonchev–Trinajstić information content (AvgIpc) is 3.21. The number of amides is 1. The second-order valence-corrected chi connectivity index (χ2v) is 6.63. The highest BCUT2D eigenvalue weighted by molar-refractivity contribution is 5.94. The third-order valence-corrected chi connectivity index (χ3v) is 4.94. The van der Waals surface area contributed by atoms with Gasteiger partial charge in [-0.3, -0.25) is 14.6 Å². The molecule has 2 aromatic rings. The molecule has 1 aliphatic rings. The number of piperazine rings is 1. The molecule has 0 bridgehead atoms. The zero-order valence-corrected chi connectivity index (χ0v) is 16.1. The number of hydrogen-bond donors (Lipinski definition) is 1. The molecular formula is C20H27N3O4. The largest absolute Gasteiger partial charge is 0.493 e. The van der Waals surface area contributed by atoms with E-state index < -0.39 is 0 Å². The molecule has 0 unspecified atom stereocenters. The fraction of sp³-hybridized carbons (Fsp3) is 0.450. The van der Waals surface area contributed by atoms with E-state index in [1.165, 1.54) is 0 Å². The van der Waals surface area contributed by atoms with Gasteiger partial charge in [0.2, 0.25) is 5.91 Å². The zero-order valence-electron chi connectivity index (χ0n) is 16.1. The summed E-state index contributed by atoms with van der Waals surface area (Å²) in [5.41, 5.74) is 0.695. The number of furan rings is 1. The van der Waals surface area contributed by atoms with E-state index in [1.54, 1.807) is 32.6 Å². The van der Waals surface area contributed by atoms with Gasteiger partial charge in [-0.2, -0.15) is 0 Å².